The molecule has 42 valence electrons. The van der Waals surface area contributed by atoms with Gasteiger partial charge in [0.05, 0.1) is 0 Å². The topological polar surface area (TPSA) is 29.3 Å². The van der Waals surface area contributed by atoms with Gasteiger partial charge >= 0.3 is 0 Å². The first-order valence-electron chi connectivity index (χ1n) is 2.30. The summed E-state index contributed by atoms with van der Waals surface area (Å²) >= 11 is 0. The van der Waals surface area contributed by atoms with E-state index in [1.807, 2.05) is 27.0 Å². The van der Waals surface area contributed by atoms with Gasteiger partial charge in [-0.05, 0) is 13.8 Å². The van der Waals surface area contributed by atoms with Gasteiger partial charge < -0.3 is 5.01 Å². The molecule has 7 heavy (non-hydrogen) atoms. The number of nitrogens with two attached hydrogens (primary N) is 1. The second kappa shape index (κ2) is 2.64. The van der Waals surface area contributed by atoms with Crippen LogP contribution < -0.4 is 5.84 Å². The summed E-state index contributed by atoms with van der Waals surface area (Å²) in [6, 6.07) is 0. The molecule has 0 aliphatic rings. The minimum absolute atomic E-state index is 1.08. The fraction of sp³-hybridized carbons (Fsp3) is 0.600. The maximum atomic E-state index is 5.31. The zero-order valence-electron chi connectivity index (χ0n) is 5.10. The predicted octanol–water partition coefficient (Wildman–Crippen LogP) is 0.716. The first kappa shape index (κ1) is 6.50. The van der Waals surface area contributed by atoms with Crippen molar-refractivity contribution in [3.63, 3.8) is 0 Å². The lowest BCUT2D eigenvalue weighted by molar-refractivity contribution is 0.441. The summed E-state index contributed by atoms with van der Waals surface area (Å²) in [6.07, 6.45) is 1.96. The average molecular weight is 100 g/mol. The molecule has 0 unspecified atom stereocenters. The Kier molecular flexibility index (Phi) is 2.45. The van der Waals surface area contributed by atoms with Gasteiger partial charge in [0.25, 0.3) is 0 Å². The van der Waals surface area contributed by atoms with E-state index in [1.165, 1.54) is 0 Å². The molecule has 0 saturated carbocycles. The fourth-order valence-electron chi connectivity index (χ4n) is 0.204. The third-order valence-electron chi connectivity index (χ3n) is 0.974. The fourth-order valence-corrected chi connectivity index (χ4v) is 0.204. The minimum Gasteiger partial charge on any atom is -0.319 e. The van der Waals surface area contributed by atoms with Crippen LogP contribution in [0.1, 0.15) is 13.8 Å². The van der Waals surface area contributed by atoms with Crippen LogP contribution in [0.25, 0.3) is 0 Å². The van der Waals surface area contributed by atoms with E-state index in [2.05, 4.69) is 0 Å². The van der Waals surface area contributed by atoms with E-state index in [4.69, 9.17) is 5.84 Å². The van der Waals surface area contributed by atoms with Crippen LogP contribution in [0.2, 0.25) is 0 Å². The highest BCUT2D eigenvalue weighted by atomic mass is 15.4. The van der Waals surface area contributed by atoms with E-state index in [-0.39, 0.29) is 0 Å². The lowest BCUT2D eigenvalue weighted by Crippen LogP contribution is -2.23. The highest BCUT2D eigenvalue weighted by Crippen LogP contribution is 1.89. The maximum absolute atomic E-state index is 5.31. The van der Waals surface area contributed by atoms with Crippen LogP contribution in [0.5, 0.6) is 0 Å². The van der Waals surface area contributed by atoms with Crippen LogP contribution >= 0.6 is 0 Å². The van der Waals surface area contributed by atoms with Crippen molar-refractivity contribution >= 4 is 0 Å². The number of allylic oxidation sites excluding steroid dienone is 2. The van der Waals surface area contributed by atoms with Crippen LogP contribution in [0, 0.1) is 0 Å². The van der Waals surface area contributed by atoms with Gasteiger partial charge in [-0.3, -0.25) is 0 Å². The van der Waals surface area contributed by atoms with E-state index < -0.39 is 0 Å². The van der Waals surface area contributed by atoms with Crippen LogP contribution in [0.4, 0.5) is 0 Å². The standard InChI is InChI=1S/C5H12N2/c1-4-5(2)7(3)6/h4H,6H2,1-3H3/b5-4+. The first-order chi connectivity index (χ1) is 3.18. The molecule has 0 atom stereocenters. The molecule has 0 amide bonds. The van der Waals surface area contributed by atoms with Crippen molar-refractivity contribution in [3.05, 3.63) is 11.8 Å². The van der Waals surface area contributed by atoms with E-state index in [9.17, 15) is 0 Å². The minimum atomic E-state index is 1.08. The Morgan fingerprint density at radius 2 is 2.14 bits per heavy atom. The highest BCUT2D eigenvalue weighted by molar-refractivity contribution is 4.90. The summed E-state index contributed by atoms with van der Waals surface area (Å²) < 4.78 is 0. The van der Waals surface area contributed by atoms with E-state index >= 15 is 0 Å². The summed E-state index contributed by atoms with van der Waals surface area (Å²) in [7, 11) is 1.81. The Morgan fingerprint density at radius 3 is 2.14 bits per heavy atom. The van der Waals surface area contributed by atoms with Gasteiger partial charge in [-0.1, -0.05) is 6.08 Å². The Bertz CT molecular complexity index is 74.1. The number of hydrazine groups is 1. The van der Waals surface area contributed by atoms with Gasteiger partial charge in [-0.25, -0.2) is 5.84 Å². The summed E-state index contributed by atoms with van der Waals surface area (Å²) in [6.45, 7) is 3.92. The van der Waals surface area contributed by atoms with E-state index in [1.54, 1.807) is 5.01 Å². The van der Waals surface area contributed by atoms with Crippen molar-refractivity contribution < 1.29 is 0 Å². The Balaban J connectivity index is 3.56. The van der Waals surface area contributed by atoms with Gasteiger partial charge in [0, 0.05) is 12.7 Å². The summed E-state index contributed by atoms with van der Waals surface area (Å²) in [4.78, 5) is 0. The number of hydrogen-bond donors (Lipinski definition) is 1. The molecule has 0 aromatic rings. The number of nitrogens with zero attached hydrogens (tertiary/aromatic N) is 1. The summed E-state index contributed by atoms with van der Waals surface area (Å²) in [5, 5.41) is 1.58. The molecule has 2 heteroatoms. The molecule has 0 radical (unpaired) electrons. The van der Waals surface area contributed by atoms with Crippen molar-refractivity contribution in [1.82, 2.24) is 5.01 Å². The highest BCUT2D eigenvalue weighted by Gasteiger charge is 1.83. The van der Waals surface area contributed by atoms with Gasteiger partial charge in [-0.15, -0.1) is 0 Å². The van der Waals surface area contributed by atoms with Crippen molar-refractivity contribution in [2.75, 3.05) is 7.05 Å². The molecular formula is C5H12N2. The molecule has 2 nitrogen and oxygen atoms in total. The largest absolute Gasteiger partial charge is 0.319 e. The molecule has 0 aromatic carbocycles. The monoisotopic (exact) mass is 100 g/mol. The zero-order valence-corrected chi connectivity index (χ0v) is 5.10. The molecule has 0 rings (SSSR count). The zero-order chi connectivity index (χ0) is 5.86. The molecule has 0 aliphatic carbocycles. The lowest BCUT2D eigenvalue weighted by atomic mass is 10.4. The second-order valence-corrected chi connectivity index (χ2v) is 1.54. The van der Waals surface area contributed by atoms with Gasteiger partial charge in [0.2, 0.25) is 0 Å². The SMILES string of the molecule is C/C=C(\C)N(C)N. The van der Waals surface area contributed by atoms with Crippen molar-refractivity contribution in [2.45, 2.75) is 13.8 Å². The van der Waals surface area contributed by atoms with E-state index in [0.29, 0.717) is 0 Å². The Hall–Kier alpha value is -0.500. The molecule has 0 bridgehead atoms. The Morgan fingerprint density at radius 1 is 1.71 bits per heavy atom. The first-order valence-corrected chi connectivity index (χ1v) is 2.30. The van der Waals surface area contributed by atoms with Crippen LogP contribution in [0.15, 0.2) is 11.8 Å². The molecule has 0 aliphatic heterocycles. The normalized spacial score (nSPS) is 11.7. The average Bonchev–Trinajstić information content (AvgIpc) is 1.65. The van der Waals surface area contributed by atoms with Gasteiger partial charge in [0.15, 0.2) is 0 Å². The summed E-state index contributed by atoms with van der Waals surface area (Å²) in [5.41, 5.74) is 1.08. The third kappa shape index (κ3) is 2.23. The third-order valence-corrected chi connectivity index (χ3v) is 0.974. The lowest BCUT2D eigenvalue weighted by Gasteiger charge is -2.09. The molecule has 0 heterocycles. The van der Waals surface area contributed by atoms with Gasteiger partial charge in [-0.2, -0.15) is 0 Å². The quantitative estimate of drug-likeness (QED) is 0.388. The van der Waals surface area contributed by atoms with Crippen molar-refractivity contribution in [1.29, 1.82) is 0 Å². The molecular weight excluding hydrogens is 88.1 g/mol. The van der Waals surface area contributed by atoms with Crippen LogP contribution in [0.3, 0.4) is 0 Å². The molecule has 0 aromatic heterocycles. The molecule has 0 fully saturated rings. The van der Waals surface area contributed by atoms with Crippen molar-refractivity contribution in [2.24, 2.45) is 5.84 Å². The van der Waals surface area contributed by atoms with Crippen LogP contribution in [-0.2, 0) is 0 Å². The smallest absolute Gasteiger partial charge is 0.0225 e. The molecule has 0 saturated heterocycles. The Labute approximate surface area is 44.6 Å². The van der Waals surface area contributed by atoms with E-state index in [0.717, 1.165) is 5.70 Å². The maximum Gasteiger partial charge on any atom is 0.0225 e. The second-order valence-electron chi connectivity index (χ2n) is 1.54. The van der Waals surface area contributed by atoms with Crippen LogP contribution in [-0.4, -0.2) is 12.1 Å². The van der Waals surface area contributed by atoms with Crippen molar-refractivity contribution in [3.8, 4) is 0 Å². The summed E-state index contributed by atoms with van der Waals surface area (Å²) in [5.74, 6) is 5.31. The molecule has 0 spiro atoms. The van der Waals surface area contributed by atoms with Gasteiger partial charge in [0.1, 0.15) is 0 Å². The molecule has 2 N–H and O–H groups in total. The number of hydrogen-bond acceptors (Lipinski definition) is 2. The number of rotatable bonds is 1. The predicted molar refractivity (Wildman–Crippen MR) is 31.4 cm³/mol.